The van der Waals surface area contributed by atoms with Gasteiger partial charge < -0.3 is 14.6 Å². The highest BCUT2D eigenvalue weighted by Gasteiger charge is 2.16. The molecule has 1 aromatic carbocycles. The number of fused-ring (bicyclic) bond motifs is 1. The lowest BCUT2D eigenvalue weighted by molar-refractivity contribution is 0.210. The molecular weight excluding hydrogens is 280 g/mol. The summed E-state index contributed by atoms with van der Waals surface area (Å²) in [5.74, 6) is 2.13. The van der Waals surface area contributed by atoms with Crippen molar-refractivity contribution in [2.24, 2.45) is 0 Å². The largest absolute Gasteiger partial charge is 0.383 e. The number of nitrogens with zero attached hydrogens (tertiary/aromatic N) is 3. The molecule has 1 N–H and O–H groups in total. The van der Waals surface area contributed by atoms with E-state index in [4.69, 9.17) is 9.26 Å². The molecule has 0 aliphatic rings. The van der Waals surface area contributed by atoms with Crippen LogP contribution in [0.1, 0.15) is 11.5 Å². The maximum absolute atomic E-state index is 5.23. The molecule has 0 aliphatic carbocycles. The van der Waals surface area contributed by atoms with E-state index in [2.05, 4.69) is 20.4 Å². The SMILES string of the molecule is COCCNc1nc(-c2c(C)noc2C)nc2ccccc12. The first-order valence-corrected chi connectivity index (χ1v) is 7.13. The molecule has 2 aromatic heterocycles. The van der Waals surface area contributed by atoms with Crippen LogP contribution in [0.3, 0.4) is 0 Å². The van der Waals surface area contributed by atoms with E-state index in [1.807, 2.05) is 38.1 Å². The van der Waals surface area contributed by atoms with Crippen molar-refractivity contribution < 1.29 is 9.26 Å². The van der Waals surface area contributed by atoms with Crippen LogP contribution >= 0.6 is 0 Å². The minimum atomic E-state index is 0.610. The fraction of sp³-hybridized carbons (Fsp3) is 0.312. The molecule has 0 bridgehead atoms. The van der Waals surface area contributed by atoms with Gasteiger partial charge in [-0.3, -0.25) is 0 Å². The Morgan fingerprint density at radius 2 is 2.00 bits per heavy atom. The number of aryl methyl sites for hydroxylation is 2. The molecule has 0 spiro atoms. The Balaban J connectivity index is 2.12. The van der Waals surface area contributed by atoms with Crippen molar-refractivity contribution in [3.05, 3.63) is 35.7 Å². The smallest absolute Gasteiger partial charge is 0.167 e. The second-order valence-electron chi connectivity index (χ2n) is 5.03. The number of hydrogen-bond acceptors (Lipinski definition) is 6. The highest BCUT2D eigenvalue weighted by atomic mass is 16.5. The summed E-state index contributed by atoms with van der Waals surface area (Å²) >= 11 is 0. The molecule has 0 saturated carbocycles. The number of rotatable bonds is 5. The van der Waals surface area contributed by atoms with Crippen LogP contribution in [0.2, 0.25) is 0 Å². The van der Waals surface area contributed by atoms with Crippen LogP contribution in [0.15, 0.2) is 28.8 Å². The van der Waals surface area contributed by atoms with Crippen LogP contribution in [-0.4, -0.2) is 35.4 Å². The number of para-hydroxylation sites is 1. The fourth-order valence-electron chi connectivity index (χ4n) is 2.40. The van der Waals surface area contributed by atoms with E-state index in [1.165, 1.54) is 0 Å². The maximum atomic E-state index is 5.23. The normalized spacial score (nSPS) is 11.0. The van der Waals surface area contributed by atoms with Gasteiger partial charge in [-0.2, -0.15) is 0 Å². The van der Waals surface area contributed by atoms with Crippen LogP contribution < -0.4 is 5.32 Å². The molecule has 0 fully saturated rings. The predicted molar refractivity (Wildman–Crippen MR) is 84.9 cm³/mol. The van der Waals surface area contributed by atoms with Crippen LogP contribution in [0.5, 0.6) is 0 Å². The van der Waals surface area contributed by atoms with Crippen molar-refractivity contribution in [2.45, 2.75) is 13.8 Å². The second-order valence-corrected chi connectivity index (χ2v) is 5.03. The van der Waals surface area contributed by atoms with Gasteiger partial charge >= 0.3 is 0 Å². The van der Waals surface area contributed by atoms with E-state index in [0.29, 0.717) is 19.0 Å². The monoisotopic (exact) mass is 298 g/mol. The molecule has 0 saturated heterocycles. The van der Waals surface area contributed by atoms with E-state index < -0.39 is 0 Å². The number of anilines is 1. The van der Waals surface area contributed by atoms with Gasteiger partial charge in [-0.05, 0) is 26.0 Å². The first-order valence-electron chi connectivity index (χ1n) is 7.13. The number of benzene rings is 1. The Morgan fingerprint density at radius 3 is 2.73 bits per heavy atom. The van der Waals surface area contributed by atoms with Crippen molar-refractivity contribution in [2.75, 3.05) is 25.6 Å². The zero-order valence-corrected chi connectivity index (χ0v) is 12.9. The van der Waals surface area contributed by atoms with Gasteiger partial charge in [0.1, 0.15) is 11.6 Å². The highest BCUT2D eigenvalue weighted by molar-refractivity contribution is 5.90. The third kappa shape index (κ3) is 2.65. The van der Waals surface area contributed by atoms with Crippen LogP contribution in [-0.2, 0) is 4.74 Å². The van der Waals surface area contributed by atoms with E-state index in [-0.39, 0.29) is 0 Å². The summed E-state index contributed by atoms with van der Waals surface area (Å²) in [4.78, 5) is 9.30. The van der Waals surface area contributed by atoms with Gasteiger partial charge in [0.15, 0.2) is 5.82 Å². The van der Waals surface area contributed by atoms with Gasteiger partial charge in [-0.1, -0.05) is 17.3 Å². The maximum Gasteiger partial charge on any atom is 0.167 e. The number of nitrogens with one attached hydrogen (secondary N) is 1. The van der Waals surface area contributed by atoms with Crippen LogP contribution in [0, 0.1) is 13.8 Å². The molecule has 0 atom stereocenters. The van der Waals surface area contributed by atoms with Crippen molar-refractivity contribution in [3.63, 3.8) is 0 Å². The van der Waals surface area contributed by atoms with Gasteiger partial charge in [0.25, 0.3) is 0 Å². The lowest BCUT2D eigenvalue weighted by Gasteiger charge is -2.10. The summed E-state index contributed by atoms with van der Waals surface area (Å²) in [6.45, 7) is 5.05. The lowest BCUT2D eigenvalue weighted by atomic mass is 10.1. The Hall–Kier alpha value is -2.47. The highest BCUT2D eigenvalue weighted by Crippen LogP contribution is 2.28. The first-order chi connectivity index (χ1) is 10.7. The molecule has 3 rings (SSSR count). The molecule has 3 aromatic rings. The van der Waals surface area contributed by atoms with Crippen molar-refractivity contribution in [1.82, 2.24) is 15.1 Å². The van der Waals surface area contributed by atoms with Gasteiger partial charge in [0.05, 0.1) is 23.4 Å². The van der Waals surface area contributed by atoms with E-state index in [1.54, 1.807) is 7.11 Å². The van der Waals surface area contributed by atoms with Gasteiger partial charge in [-0.15, -0.1) is 0 Å². The Kier molecular flexibility index (Phi) is 4.02. The zero-order chi connectivity index (χ0) is 15.5. The van der Waals surface area contributed by atoms with Crippen molar-refractivity contribution in [3.8, 4) is 11.4 Å². The Morgan fingerprint density at radius 1 is 1.18 bits per heavy atom. The summed E-state index contributed by atoms with van der Waals surface area (Å²) in [7, 11) is 1.68. The Bertz CT molecular complexity index is 778. The van der Waals surface area contributed by atoms with Gasteiger partial charge in [0.2, 0.25) is 0 Å². The average molecular weight is 298 g/mol. The minimum Gasteiger partial charge on any atom is -0.383 e. The van der Waals surface area contributed by atoms with Crippen LogP contribution in [0.4, 0.5) is 5.82 Å². The molecule has 22 heavy (non-hydrogen) atoms. The molecule has 2 heterocycles. The Labute approximate surface area is 128 Å². The van der Waals surface area contributed by atoms with Crippen molar-refractivity contribution >= 4 is 16.7 Å². The van der Waals surface area contributed by atoms with Gasteiger partial charge in [-0.25, -0.2) is 9.97 Å². The summed E-state index contributed by atoms with van der Waals surface area (Å²) in [5.41, 5.74) is 2.52. The molecule has 6 heteroatoms. The third-order valence-corrected chi connectivity index (χ3v) is 3.46. The first kappa shape index (κ1) is 14.5. The topological polar surface area (TPSA) is 73.1 Å². The zero-order valence-electron chi connectivity index (χ0n) is 12.9. The van der Waals surface area contributed by atoms with Crippen molar-refractivity contribution in [1.29, 1.82) is 0 Å². The summed E-state index contributed by atoms with van der Waals surface area (Å²) in [5, 5.41) is 8.27. The quantitative estimate of drug-likeness (QED) is 0.730. The molecule has 0 amide bonds. The lowest BCUT2D eigenvalue weighted by Crippen LogP contribution is -2.10. The van der Waals surface area contributed by atoms with Gasteiger partial charge in [0, 0.05) is 19.0 Å². The average Bonchev–Trinajstić information content (AvgIpc) is 2.86. The standard InChI is InChI=1S/C16H18N4O2/c1-10-14(11(2)22-20-10)16-18-13-7-5-4-6-12(13)15(19-16)17-8-9-21-3/h4-7H,8-9H2,1-3H3,(H,17,18,19). The molecule has 0 radical (unpaired) electrons. The second kappa shape index (κ2) is 6.11. The molecule has 0 aliphatic heterocycles. The molecular formula is C16H18N4O2. The number of aromatic nitrogens is 3. The number of ether oxygens (including phenoxy) is 1. The number of hydrogen-bond donors (Lipinski definition) is 1. The fourth-order valence-corrected chi connectivity index (χ4v) is 2.40. The molecule has 0 unspecified atom stereocenters. The molecule has 114 valence electrons. The summed E-state index contributed by atoms with van der Waals surface area (Å²) < 4.78 is 10.3. The summed E-state index contributed by atoms with van der Waals surface area (Å²) in [6, 6.07) is 7.91. The van der Waals surface area contributed by atoms with E-state index in [9.17, 15) is 0 Å². The van der Waals surface area contributed by atoms with Crippen LogP contribution in [0.25, 0.3) is 22.3 Å². The van der Waals surface area contributed by atoms with E-state index in [0.717, 1.165) is 33.7 Å². The predicted octanol–water partition coefficient (Wildman–Crippen LogP) is 2.96. The third-order valence-electron chi connectivity index (χ3n) is 3.46. The summed E-state index contributed by atoms with van der Waals surface area (Å²) in [6.07, 6.45) is 0. The minimum absolute atomic E-state index is 0.610. The number of methoxy groups -OCH3 is 1. The molecule has 6 nitrogen and oxygen atoms in total. The van der Waals surface area contributed by atoms with E-state index >= 15 is 0 Å².